The van der Waals surface area contributed by atoms with Crippen molar-refractivity contribution in [2.24, 2.45) is 0 Å². The van der Waals surface area contributed by atoms with Crippen LogP contribution in [0.5, 0.6) is 0 Å². The molecule has 3 aromatic rings. The lowest BCUT2D eigenvalue weighted by Gasteiger charge is -2.42. The molecule has 1 saturated heterocycles. The number of hydrogen-bond acceptors (Lipinski definition) is 8. The van der Waals surface area contributed by atoms with Gasteiger partial charge in [0.25, 0.3) is 10.0 Å². The van der Waals surface area contributed by atoms with Gasteiger partial charge in [0.1, 0.15) is 9.10 Å². The Morgan fingerprint density at radius 1 is 1.08 bits per heavy atom. The topological polar surface area (TPSA) is 120 Å². The Hall–Kier alpha value is -2.56. The van der Waals surface area contributed by atoms with Gasteiger partial charge in [0.2, 0.25) is 10.0 Å². The van der Waals surface area contributed by atoms with E-state index >= 15 is 0 Å². The summed E-state index contributed by atoms with van der Waals surface area (Å²) >= 11 is 1.07. The van der Waals surface area contributed by atoms with Crippen molar-refractivity contribution in [1.82, 2.24) is 14.0 Å². The summed E-state index contributed by atoms with van der Waals surface area (Å²) in [6.07, 6.45) is -2.28. The molecular formula is C23H25F3N4O5S3. The van der Waals surface area contributed by atoms with Gasteiger partial charge in [0.05, 0.1) is 6.04 Å². The molecule has 0 spiro atoms. The van der Waals surface area contributed by atoms with Crippen LogP contribution in [0.2, 0.25) is 0 Å². The van der Waals surface area contributed by atoms with Gasteiger partial charge in [-0.05, 0) is 48.2 Å². The van der Waals surface area contributed by atoms with Crippen LogP contribution in [0.3, 0.4) is 0 Å². The van der Waals surface area contributed by atoms with Crippen LogP contribution in [0.4, 0.5) is 18.9 Å². The minimum Gasteiger partial charge on any atom is -0.376 e. The van der Waals surface area contributed by atoms with E-state index in [1.165, 1.54) is 47.0 Å². The molecule has 2 aromatic heterocycles. The standard InChI is InChI=1S/C23H25F3N4O5S3/c1-22(31,23(24,25)26)17-6-8-18(9-7-17)30-12-11-29(38(34,35)21-5-3-13-36-21)16-19(30)14-28-37(32,33)20-4-2-10-27-15-20/h2-10,13,15,19,28,31H,11-12,14,16H2,1H3. The maximum absolute atomic E-state index is 13.3. The first kappa shape index (κ1) is 28.4. The molecule has 1 fully saturated rings. The van der Waals surface area contributed by atoms with Gasteiger partial charge in [-0.1, -0.05) is 18.2 Å². The predicted molar refractivity (Wildman–Crippen MR) is 136 cm³/mol. The van der Waals surface area contributed by atoms with Gasteiger partial charge in [-0.25, -0.2) is 21.6 Å². The molecule has 2 atom stereocenters. The Morgan fingerprint density at radius 3 is 2.37 bits per heavy atom. The van der Waals surface area contributed by atoms with Crippen LogP contribution in [-0.2, 0) is 25.6 Å². The summed E-state index contributed by atoms with van der Waals surface area (Å²) < 4.78 is 95.6. The third kappa shape index (κ3) is 5.72. The molecule has 1 aromatic carbocycles. The van der Waals surface area contributed by atoms with E-state index < -0.39 is 37.9 Å². The van der Waals surface area contributed by atoms with Crippen LogP contribution >= 0.6 is 11.3 Å². The van der Waals surface area contributed by atoms with Crippen molar-refractivity contribution in [3.05, 3.63) is 71.9 Å². The minimum atomic E-state index is -4.89. The number of piperazine rings is 1. The predicted octanol–water partition coefficient (Wildman–Crippen LogP) is 2.77. The molecule has 0 radical (unpaired) electrons. The van der Waals surface area contributed by atoms with E-state index in [9.17, 15) is 35.1 Å². The molecule has 2 N–H and O–H groups in total. The van der Waals surface area contributed by atoms with Crippen molar-refractivity contribution in [3.8, 4) is 0 Å². The highest BCUT2D eigenvalue weighted by molar-refractivity contribution is 7.91. The fourth-order valence-electron chi connectivity index (χ4n) is 4.03. The Morgan fingerprint density at radius 2 is 1.79 bits per heavy atom. The fourth-order valence-corrected chi connectivity index (χ4v) is 7.68. The summed E-state index contributed by atoms with van der Waals surface area (Å²) in [4.78, 5) is 5.48. The van der Waals surface area contributed by atoms with Crippen LogP contribution in [0.1, 0.15) is 12.5 Å². The lowest BCUT2D eigenvalue weighted by atomic mass is 9.95. The number of alkyl halides is 3. The molecule has 0 bridgehead atoms. The quantitative estimate of drug-likeness (QED) is 0.414. The van der Waals surface area contributed by atoms with Gasteiger partial charge in [0.15, 0.2) is 5.60 Å². The number of sulfonamides is 2. The molecule has 4 rings (SSSR count). The maximum atomic E-state index is 13.3. The highest BCUT2D eigenvalue weighted by atomic mass is 32.2. The van der Waals surface area contributed by atoms with Crippen molar-refractivity contribution in [3.63, 3.8) is 0 Å². The molecule has 15 heteroatoms. The first-order chi connectivity index (χ1) is 17.7. The molecule has 2 unspecified atom stereocenters. The molecule has 38 heavy (non-hydrogen) atoms. The molecule has 1 aliphatic heterocycles. The van der Waals surface area contributed by atoms with Crippen LogP contribution in [0.15, 0.2) is 75.4 Å². The number of nitrogens with zero attached hydrogens (tertiary/aromatic N) is 3. The number of anilines is 1. The monoisotopic (exact) mass is 590 g/mol. The second-order valence-electron chi connectivity index (χ2n) is 8.80. The number of thiophene rings is 1. The molecule has 206 valence electrons. The summed E-state index contributed by atoms with van der Waals surface area (Å²) in [5.41, 5.74) is -2.97. The Balaban J connectivity index is 1.61. The fraction of sp³-hybridized carbons (Fsp3) is 0.348. The van der Waals surface area contributed by atoms with Gasteiger partial charge in [-0.3, -0.25) is 4.98 Å². The van der Waals surface area contributed by atoms with Gasteiger partial charge in [-0.2, -0.15) is 17.5 Å². The smallest absolute Gasteiger partial charge is 0.376 e. The zero-order valence-corrected chi connectivity index (χ0v) is 22.5. The molecule has 0 amide bonds. The van der Waals surface area contributed by atoms with Crippen LogP contribution < -0.4 is 9.62 Å². The van der Waals surface area contributed by atoms with E-state index in [2.05, 4.69) is 9.71 Å². The van der Waals surface area contributed by atoms with E-state index in [0.717, 1.165) is 23.5 Å². The van der Waals surface area contributed by atoms with E-state index in [4.69, 9.17) is 0 Å². The molecule has 0 aliphatic carbocycles. The summed E-state index contributed by atoms with van der Waals surface area (Å²) in [5, 5.41) is 11.6. The summed E-state index contributed by atoms with van der Waals surface area (Å²) in [6, 6.07) is 10.3. The van der Waals surface area contributed by atoms with Gasteiger partial charge >= 0.3 is 6.18 Å². The lowest BCUT2D eigenvalue weighted by Crippen LogP contribution is -2.58. The third-order valence-corrected chi connectivity index (χ3v) is 10.9. The van der Waals surface area contributed by atoms with Crippen LogP contribution in [0.25, 0.3) is 0 Å². The van der Waals surface area contributed by atoms with Crippen LogP contribution in [-0.4, -0.2) is 69.6 Å². The zero-order valence-electron chi connectivity index (χ0n) is 20.0. The van der Waals surface area contributed by atoms with Crippen molar-refractivity contribution in [1.29, 1.82) is 0 Å². The normalized spacial score (nSPS) is 19.3. The Kier molecular flexibility index (Phi) is 7.89. The molecule has 3 heterocycles. The number of benzene rings is 1. The molecular weight excluding hydrogens is 565 g/mol. The molecule has 0 saturated carbocycles. The number of nitrogens with one attached hydrogen (secondary N) is 1. The summed E-state index contributed by atoms with van der Waals surface area (Å²) in [5.74, 6) is 0. The average Bonchev–Trinajstić information content (AvgIpc) is 3.43. The van der Waals surface area contributed by atoms with E-state index in [-0.39, 0.29) is 40.8 Å². The Bertz CT molecular complexity index is 1450. The number of halogens is 3. The van der Waals surface area contributed by atoms with E-state index in [1.54, 1.807) is 16.3 Å². The SMILES string of the molecule is CC(O)(c1ccc(N2CCN(S(=O)(=O)c3cccs3)CC2CNS(=O)(=O)c2cccnc2)cc1)C(F)(F)F. The minimum absolute atomic E-state index is 0.0656. The highest BCUT2D eigenvalue weighted by Gasteiger charge is 2.51. The lowest BCUT2D eigenvalue weighted by molar-refractivity contribution is -0.258. The van der Waals surface area contributed by atoms with Crippen molar-refractivity contribution in [2.45, 2.75) is 33.8 Å². The average molecular weight is 591 g/mol. The molecule has 9 nitrogen and oxygen atoms in total. The van der Waals surface area contributed by atoms with Crippen molar-refractivity contribution >= 4 is 37.1 Å². The van der Waals surface area contributed by atoms with Gasteiger partial charge in [0, 0.05) is 44.3 Å². The van der Waals surface area contributed by atoms with Gasteiger partial charge in [-0.15, -0.1) is 11.3 Å². The summed E-state index contributed by atoms with van der Waals surface area (Å²) in [6.45, 7) is 0.632. The maximum Gasteiger partial charge on any atom is 0.421 e. The summed E-state index contributed by atoms with van der Waals surface area (Å²) in [7, 11) is -7.79. The molecule has 1 aliphatic rings. The highest BCUT2D eigenvalue weighted by Crippen LogP contribution is 2.39. The second-order valence-corrected chi connectivity index (χ2v) is 13.7. The number of rotatable bonds is 8. The first-order valence-corrected chi connectivity index (χ1v) is 15.1. The number of aromatic nitrogens is 1. The largest absolute Gasteiger partial charge is 0.421 e. The third-order valence-electron chi connectivity index (χ3n) is 6.30. The van der Waals surface area contributed by atoms with Gasteiger partial charge < -0.3 is 10.0 Å². The first-order valence-electron chi connectivity index (χ1n) is 11.3. The van der Waals surface area contributed by atoms with Crippen molar-refractivity contribution in [2.75, 3.05) is 31.1 Å². The Labute approximate surface area is 222 Å². The zero-order chi connectivity index (χ0) is 27.8. The van der Waals surface area contributed by atoms with E-state index in [0.29, 0.717) is 12.6 Å². The number of hydrogen-bond donors (Lipinski definition) is 2. The second kappa shape index (κ2) is 10.5. The van der Waals surface area contributed by atoms with Crippen LogP contribution in [0, 0.1) is 0 Å². The number of pyridine rings is 1. The number of aliphatic hydroxyl groups is 1. The van der Waals surface area contributed by atoms with Crippen molar-refractivity contribution < 1.29 is 35.1 Å². The van der Waals surface area contributed by atoms with E-state index in [1.807, 2.05) is 0 Å².